The van der Waals surface area contributed by atoms with E-state index in [-0.39, 0.29) is 18.8 Å². The fourth-order valence-corrected chi connectivity index (χ4v) is 2.12. The van der Waals surface area contributed by atoms with Crippen LogP contribution >= 0.6 is 0 Å². The Morgan fingerprint density at radius 1 is 0.895 bits per heavy atom. The van der Waals surface area contributed by atoms with E-state index in [9.17, 15) is 0 Å². The summed E-state index contributed by atoms with van der Waals surface area (Å²) in [5.41, 5.74) is 0. The number of hydrogen-bond acceptors (Lipinski definition) is 3. The highest BCUT2D eigenvalue weighted by atomic mass is 16.5. The van der Waals surface area contributed by atoms with Crippen LogP contribution in [-0.4, -0.2) is 36.6 Å². The molecule has 3 unspecified atom stereocenters. The molecule has 0 aromatic carbocycles. The number of unbranched alkanes of at least 4 members (excludes halogenated alkanes) is 3. The van der Waals surface area contributed by atoms with Crippen molar-refractivity contribution in [1.82, 2.24) is 0 Å². The van der Waals surface area contributed by atoms with Gasteiger partial charge in [-0.3, -0.25) is 0 Å². The lowest BCUT2D eigenvalue weighted by molar-refractivity contribution is -0.0766. The van der Waals surface area contributed by atoms with Gasteiger partial charge in [-0.2, -0.15) is 0 Å². The molecule has 19 heavy (non-hydrogen) atoms. The van der Waals surface area contributed by atoms with Crippen LogP contribution in [0.25, 0.3) is 0 Å². The van der Waals surface area contributed by atoms with Gasteiger partial charge in [0, 0.05) is 0 Å². The Hall–Kier alpha value is -0.120. The van der Waals surface area contributed by atoms with Crippen molar-refractivity contribution in [3.05, 3.63) is 0 Å². The van der Waals surface area contributed by atoms with Crippen molar-refractivity contribution in [2.45, 2.75) is 91.0 Å². The molecule has 0 aromatic heterocycles. The highest BCUT2D eigenvalue weighted by Gasteiger charge is 2.13. The minimum absolute atomic E-state index is 0.0716. The standard InChI is InChI=1S/C16H34O3/c1-5-7-8-9-11-16(10-6-2)19-15(4)13-18-14(3)12-17/h14-17H,5-13H2,1-4H3. The third-order valence-electron chi connectivity index (χ3n) is 3.29. The summed E-state index contributed by atoms with van der Waals surface area (Å²) in [4.78, 5) is 0. The number of rotatable bonds is 13. The molecule has 0 heterocycles. The van der Waals surface area contributed by atoms with Crippen molar-refractivity contribution in [3.63, 3.8) is 0 Å². The van der Waals surface area contributed by atoms with Crippen LogP contribution in [0, 0.1) is 0 Å². The van der Waals surface area contributed by atoms with Crippen LogP contribution in [0.15, 0.2) is 0 Å². The highest BCUT2D eigenvalue weighted by molar-refractivity contribution is 4.62. The van der Waals surface area contributed by atoms with E-state index in [2.05, 4.69) is 20.8 Å². The van der Waals surface area contributed by atoms with E-state index in [0.717, 1.165) is 12.8 Å². The van der Waals surface area contributed by atoms with Gasteiger partial charge in [0.05, 0.1) is 31.5 Å². The number of aliphatic hydroxyl groups is 1. The van der Waals surface area contributed by atoms with Gasteiger partial charge in [0.25, 0.3) is 0 Å². The molecule has 3 heteroatoms. The molecule has 0 bridgehead atoms. The molecule has 1 N–H and O–H groups in total. The normalized spacial score (nSPS) is 16.3. The first-order chi connectivity index (χ1) is 9.13. The zero-order valence-electron chi connectivity index (χ0n) is 13.4. The van der Waals surface area contributed by atoms with Crippen LogP contribution in [0.1, 0.15) is 72.6 Å². The lowest BCUT2D eigenvalue weighted by atomic mass is 10.1. The van der Waals surface area contributed by atoms with Gasteiger partial charge in [-0.05, 0) is 26.7 Å². The molecule has 0 aliphatic carbocycles. The molecule has 0 saturated carbocycles. The summed E-state index contributed by atoms with van der Waals surface area (Å²) < 4.78 is 11.6. The van der Waals surface area contributed by atoms with Crippen LogP contribution in [-0.2, 0) is 9.47 Å². The predicted molar refractivity (Wildman–Crippen MR) is 80.5 cm³/mol. The Morgan fingerprint density at radius 2 is 1.63 bits per heavy atom. The van der Waals surface area contributed by atoms with E-state index >= 15 is 0 Å². The van der Waals surface area contributed by atoms with Crippen molar-refractivity contribution in [3.8, 4) is 0 Å². The number of hydrogen-bond donors (Lipinski definition) is 1. The topological polar surface area (TPSA) is 38.7 Å². The maximum absolute atomic E-state index is 8.91. The molecule has 3 atom stereocenters. The molecule has 0 aliphatic rings. The minimum atomic E-state index is -0.0970. The summed E-state index contributed by atoms with van der Waals surface area (Å²) in [5, 5.41) is 8.91. The summed E-state index contributed by atoms with van der Waals surface area (Å²) in [7, 11) is 0. The molecular formula is C16H34O3. The maximum Gasteiger partial charge on any atom is 0.0784 e. The number of ether oxygens (including phenoxy) is 2. The molecule has 0 saturated heterocycles. The van der Waals surface area contributed by atoms with Gasteiger partial charge in [-0.25, -0.2) is 0 Å². The fourth-order valence-electron chi connectivity index (χ4n) is 2.12. The minimum Gasteiger partial charge on any atom is -0.394 e. The number of aliphatic hydroxyl groups excluding tert-OH is 1. The Labute approximate surface area is 119 Å². The second-order valence-electron chi connectivity index (χ2n) is 5.53. The molecule has 0 rings (SSSR count). The van der Waals surface area contributed by atoms with Gasteiger partial charge >= 0.3 is 0 Å². The SMILES string of the molecule is CCCCCCC(CCC)OC(C)COC(C)CO. The first-order valence-electron chi connectivity index (χ1n) is 8.01. The molecule has 0 fully saturated rings. The first-order valence-corrected chi connectivity index (χ1v) is 8.01. The summed E-state index contributed by atoms with van der Waals surface area (Å²) in [6.45, 7) is 9.01. The summed E-state index contributed by atoms with van der Waals surface area (Å²) in [5.74, 6) is 0. The second-order valence-corrected chi connectivity index (χ2v) is 5.53. The molecule has 0 spiro atoms. The monoisotopic (exact) mass is 274 g/mol. The van der Waals surface area contributed by atoms with Gasteiger partial charge in [-0.1, -0.05) is 46.0 Å². The molecular weight excluding hydrogens is 240 g/mol. The highest BCUT2D eigenvalue weighted by Crippen LogP contribution is 2.15. The van der Waals surface area contributed by atoms with Crippen LogP contribution in [0.5, 0.6) is 0 Å². The average molecular weight is 274 g/mol. The summed E-state index contributed by atoms with van der Waals surface area (Å²) >= 11 is 0. The van der Waals surface area contributed by atoms with Crippen molar-refractivity contribution < 1.29 is 14.6 Å². The van der Waals surface area contributed by atoms with Crippen molar-refractivity contribution in [2.75, 3.05) is 13.2 Å². The van der Waals surface area contributed by atoms with Gasteiger partial charge in [0.15, 0.2) is 0 Å². The van der Waals surface area contributed by atoms with E-state index in [0.29, 0.717) is 12.7 Å². The largest absolute Gasteiger partial charge is 0.394 e. The Morgan fingerprint density at radius 3 is 2.21 bits per heavy atom. The fraction of sp³-hybridized carbons (Fsp3) is 1.00. The smallest absolute Gasteiger partial charge is 0.0784 e. The second kappa shape index (κ2) is 12.9. The lowest BCUT2D eigenvalue weighted by Gasteiger charge is -2.23. The molecule has 0 amide bonds. The zero-order chi connectivity index (χ0) is 14.5. The average Bonchev–Trinajstić information content (AvgIpc) is 2.41. The first kappa shape index (κ1) is 18.9. The van der Waals surface area contributed by atoms with Gasteiger partial charge in [-0.15, -0.1) is 0 Å². The summed E-state index contributed by atoms with van der Waals surface area (Å²) in [6, 6.07) is 0. The zero-order valence-corrected chi connectivity index (χ0v) is 13.4. The molecule has 0 aliphatic heterocycles. The van der Waals surface area contributed by atoms with Gasteiger partial charge in [0.2, 0.25) is 0 Å². The summed E-state index contributed by atoms with van der Waals surface area (Å²) in [6.07, 6.45) is 9.01. The van der Waals surface area contributed by atoms with E-state index in [1.54, 1.807) is 0 Å². The van der Waals surface area contributed by atoms with E-state index in [1.807, 2.05) is 6.92 Å². The molecule has 116 valence electrons. The van der Waals surface area contributed by atoms with Crippen LogP contribution in [0.4, 0.5) is 0 Å². The van der Waals surface area contributed by atoms with Crippen LogP contribution in [0.2, 0.25) is 0 Å². The molecule has 3 nitrogen and oxygen atoms in total. The van der Waals surface area contributed by atoms with E-state index in [4.69, 9.17) is 14.6 Å². The third kappa shape index (κ3) is 11.4. The van der Waals surface area contributed by atoms with Crippen LogP contribution in [0.3, 0.4) is 0 Å². The lowest BCUT2D eigenvalue weighted by Crippen LogP contribution is -2.26. The van der Waals surface area contributed by atoms with E-state index in [1.165, 1.54) is 32.1 Å². The van der Waals surface area contributed by atoms with Gasteiger partial charge in [0.1, 0.15) is 0 Å². The van der Waals surface area contributed by atoms with Crippen molar-refractivity contribution >= 4 is 0 Å². The van der Waals surface area contributed by atoms with Crippen molar-refractivity contribution in [1.29, 1.82) is 0 Å². The predicted octanol–water partition coefficient (Wildman–Crippen LogP) is 3.93. The van der Waals surface area contributed by atoms with Crippen molar-refractivity contribution in [2.24, 2.45) is 0 Å². The quantitative estimate of drug-likeness (QED) is 0.517. The molecule has 0 radical (unpaired) electrons. The van der Waals surface area contributed by atoms with Gasteiger partial charge < -0.3 is 14.6 Å². The molecule has 0 aromatic rings. The Balaban J connectivity index is 3.82. The maximum atomic E-state index is 8.91. The Kier molecular flexibility index (Phi) is 12.8. The van der Waals surface area contributed by atoms with Crippen LogP contribution < -0.4 is 0 Å². The Bertz CT molecular complexity index is 185. The third-order valence-corrected chi connectivity index (χ3v) is 3.29. The van der Waals surface area contributed by atoms with E-state index < -0.39 is 0 Å².